The summed E-state index contributed by atoms with van der Waals surface area (Å²) < 4.78 is 5.29. The normalized spacial score (nSPS) is 25.3. The summed E-state index contributed by atoms with van der Waals surface area (Å²) in [5, 5.41) is 1.98. The maximum atomic E-state index is 11.8. The molecule has 2 atom stereocenters. The molecule has 88 valence electrons. The van der Waals surface area contributed by atoms with Gasteiger partial charge in [0.2, 0.25) is 0 Å². The Hall–Kier alpha value is -0.870. The molecule has 0 bridgehead atoms. The summed E-state index contributed by atoms with van der Waals surface area (Å²) in [6.07, 6.45) is 4.05. The number of hydrogen-bond acceptors (Lipinski definition) is 4. The van der Waals surface area contributed by atoms with Crippen molar-refractivity contribution in [3.05, 3.63) is 22.4 Å². The zero-order chi connectivity index (χ0) is 11.4. The Morgan fingerprint density at radius 1 is 1.50 bits per heavy atom. The first-order valence-corrected chi connectivity index (χ1v) is 6.60. The second-order valence-corrected chi connectivity index (χ2v) is 5.27. The number of carbonyl (C=O) groups excluding carboxylic acids is 1. The van der Waals surface area contributed by atoms with E-state index in [0.29, 0.717) is 6.61 Å². The van der Waals surface area contributed by atoms with E-state index >= 15 is 0 Å². The molecule has 3 nitrogen and oxygen atoms in total. The van der Waals surface area contributed by atoms with Crippen molar-refractivity contribution in [2.75, 3.05) is 0 Å². The van der Waals surface area contributed by atoms with Crippen LogP contribution in [0.2, 0.25) is 0 Å². The van der Waals surface area contributed by atoms with Gasteiger partial charge in [-0.2, -0.15) is 0 Å². The summed E-state index contributed by atoms with van der Waals surface area (Å²) in [5.74, 6) is -0.214. The number of nitrogens with two attached hydrogens (primary N) is 1. The average molecular weight is 239 g/mol. The van der Waals surface area contributed by atoms with Crippen LogP contribution < -0.4 is 5.73 Å². The largest absolute Gasteiger partial charge is 0.460 e. The van der Waals surface area contributed by atoms with Gasteiger partial charge in [-0.15, -0.1) is 11.3 Å². The lowest BCUT2D eigenvalue weighted by molar-refractivity contribution is -0.151. The first-order chi connectivity index (χ1) is 7.77. The van der Waals surface area contributed by atoms with Crippen molar-refractivity contribution in [1.82, 2.24) is 0 Å². The van der Waals surface area contributed by atoms with Crippen LogP contribution in [0.25, 0.3) is 0 Å². The van der Waals surface area contributed by atoms with Gasteiger partial charge in [0, 0.05) is 10.9 Å². The van der Waals surface area contributed by atoms with Gasteiger partial charge in [-0.25, -0.2) is 0 Å². The maximum Gasteiger partial charge on any atom is 0.310 e. The highest BCUT2D eigenvalue weighted by atomic mass is 32.1. The molecule has 1 saturated carbocycles. The third-order valence-electron chi connectivity index (χ3n) is 3.06. The minimum atomic E-state index is -0.124. The van der Waals surface area contributed by atoms with Gasteiger partial charge in [-0.1, -0.05) is 18.9 Å². The van der Waals surface area contributed by atoms with E-state index in [1.807, 2.05) is 17.5 Å². The molecule has 0 spiro atoms. The van der Waals surface area contributed by atoms with Crippen molar-refractivity contribution in [2.45, 2.75) is 38.3 Å². The summed E-state index contributed by atoms with van der Waals surface area (Å²) >= 11 is 1.60. The molecule has 4 heteroatoms. The van der Waals surface area contributed by atoms with Gasteiger partial charge >= 0.3 is 5.97 Å². The zero-order valence-electron chi connectivity index (χ0n) is 9.22. The number of rotatable bonds is 3. The molecule has 0 saturated heterocycles. The first-order valence-electron chi connectivity index (χ1n) is 5.72. The quantitative estimate of drug-likeness (QED) is 0.823. The van der Waals surface area contributed by atoms with Crippen LogP contribution in [-0.4, -0.2) is 12.0 Å². The van der Waals surface area contributed by atoms with E-state index in [-0.39, 0.29) is 17.9 Å². The van der Waals surface area contributed by atoms with Crippen molar-refractivity contribution in [1.29, 1.82) is 0 Å². The Morgan fingerprint density at radius 2 is 2.31 bits per heavy atom. The van der Waals surface area contributed by atoms with Crippen LogP contribution in [0.3, 0.4) is 0 Å². The van der Waals surface area contributed by atoms with E-state index in [4.69, 9.17) is 10.5 Å². The van der Waals surface area contributed by atoms with Crippen LogP contribution in [0.1, 0.15) is 30.6 Å². The fourth-order valence-corrected chi connectivity index (χ4v) is 2.71. The van der Waals surface area contributed by atoms with Crippen LogP contribution in [0.4, 0.5) is 0 Å². The third-order valence-corrected chi connectivity index (χ3v) is 3.91. The number of thiophene rings is 1. The highest BCUT2D eigenvalue weighted by Crippen LogP contribution is 2.24. The molecule has 0 radical (unpaired) electrons. The molecule has 0 aliphatic heterocycles. The van der Waals surface area contributed by atoms with Gasteiger partial charge in [0.25, 0.3) is 0 Å². The molecule has 0 aromatic carbocycles. The molecule has 1 aromatic rings. The molecule has 1 aliphatic rings. The second-order valence-electron chi connectivity index (χ2n) is 4.24. The Labute approximate surface area is 99.6 Å². The summed E-state index contributed by atoms with van der Waals surface area (Å²) in [5.41, 5.74) is 5.93. The molecule has 2 N–H and O–H groups in total. The van der Waals surface area contributed by atoms with Crippen molar-refractivity contribution in [2.24, 2.45) is 11.7 Å². The van der Waals surface area contributed by atoms with E-state index in [0.717, 1.165) is 30.6 Å². The predicted molar refractivity (Wildman–Crippen MR) is 64.0 cm³/mol. The van der Waals surface area contributed by atoms with E-state index in [2.05, 4.69) is 0 Å². The Balaban J connectivity index is 1.83. The van der Waals surface area contributed by atoms with Crippen LogP contribution >= 0.6 is 11.3 Å². The van der Waals surface area contributed by atoms with E-state index < -0.39 is 0 Å². The second kappa shape index (κ2) is 5.46. The molecule has 16 heavy (non-hydrogen) atoms. The van der Waals surface area contributed by atoms with Crippen LogP contribution in [0, 0.1) is 5.92 Å². The molecule has 1 aromatic heterocycles. The van der Waals surface area contributed by atoms with Gasteiger partial charge in [0.1, 0.15) is 6.61 Å². The highest BCUT2D eigenvalue weighted by molar-refractivity contribution is 7.09. The summed E-state index contributed by atoms with van der Waals surface area (Å²) in [4.78, 5) is 12.9. The Morgan fingerprint density at radius 3 is 3.00 bits per heavy atom. The summed E-state index contributed by atoms with van der Waals surface area (Å²) in [6, 6.07) is 3.92. The van der Waals surface area contributed by atoms with E-state index in [1.54, 1.807) is 11.3 Å². The van der Waals surface area contributed by atoms with Gasteiger partial charge in [-0.3, -0.25) is 4.79 Å². The molecule has 0 amide bonds. The first kappa shape index (κ1) is 11.6. The summed E-state index contributed by atoms with van der Waals surface area (Å²) in [6.45, 7) is 0.389. The molecule has 2 unspecified atom stereocenters. The lowest BCUT2D eigenvalue weighted by Crippen LogP contribution is -2.38. The van der Waals surface area contributed by atoms with E-state index in [1.165, 1.54) is 0 Å². The standard InChI is InChI=1S/C12H17NO2S/c13-11-6-2-1-5-10(11)12(14)15-8-9-4-3-7-16-9/h3-4,7,10-11H,1-2,5-6,8,13H2. The predicted octanol–water partition coefficient (Wildman–Crippen LogP) is 2.31. The molecular formula is C12H17NO2S. The van der Waals surface area contributed by atoms with E-state index in [9.17, 15) is 4.79 Å². The Bertz CT molecular complexity index is 337. The summed E-state index contributed by atoms with van der Waals surface area (Å²) in [7, 11) is 0. The smallest absolute Gasteiger partial charge is 0.310 e. The van der Waals surface area contributed by atoms with Crippen LogP contribution in [0.15, 0.2) is 17.5 Å². The van der Waals surface area contributed by atoms with Gasteiger partial charge in [-0.05, 0) is 24.3 Å². The van der Waals surface area contributed by atoms with Crippen molar-refractivity contribution >= 4 is 17.3 Å². The molecular weight excluding hydrogens is 222 g/mol. The maximum absolute atomic E-state index is 11.8. The van der Waals surface area contributed by atoms with Crippen molar-refractivity contribution < 1.29 is 9.53 Å². The zero-order valence-corrected chi connectivity index (χ0v) is 10.0. The minimum Gasteiger partial charge on any atom is -0.460 e. The molecule has 1 aliphatic carbocycles. The minimum absolute atomic E-state index is 0.00964. The lowest BCUT2D eigenvalue weighted by Gasteiger charge is -2.26. The van der Waals surface area contributed by atoms with Crippen LogP contribution in [-0.2, 0) is 16.1 Å². The van der Waals surface area contributed by atoms with Crippen molar-refractivity contribution in [3.8, 4) is 0 Å². The molecule has 1 heterocycles. The molecule has 2 rings (SSSR count). The van der Waals surface area contributed by atoms with Crippen LogP contribution in [0.5, 0.6) is 0 Å². The average Bonchev–Trinajstić information content (AvgIpc) is 2.79. The molecule has 1 fully saturated rings. The fraction of sp³-hybridized carbons (Fsp3) is 0.583. The topological polar surface area (TPSA) is 52.3 Å². The highest BCUT2D eigenvalue weighted by Gasteiger charge is 2.29. The monoisotopic (exact) mass is 239 g/mol. The van der Waals surface area contributed by atoms with Gasteiger partial charge < -0.3 is 10.5 Å². The number of carbonyl (C=O) groups is 1. The Kier molecular flexibility index (Phi) is 3.96. The fourth-order valence-electron chi connectivity index (χ4n) is 2.10. The van der Waals surface area contributed by atoms with Gasteiger partial charge in [0.15, 0.2) is 0 Å². The van der Waals surface area contributed by atoms with Crippen molar-refractivity contribution in [3.63, 3.8) is 0 Å². The number of esters is 1. The van der Waals surface area contributed by atoms with Gasteiger partial charge in [0.05, 0.1) is 5.92 Å². The third kappa shape index (κ3) is 2.83. The number of hydrogen-bond donors (Lipinski definition) is 1. The number of ether oxygens (including phenoxy) is 1. The SMILES string of the molecule is NC1CCCCC1C(=O)OCc1cccs1. The lowest BCUT2D eigenvalue weighted by atomic mass is 9.85.